The molecular formula is C14H22N2O2. The lowest BCUT2D eigenvalue weighted by Crippen LogP contribution is -2.55. The number of rotatable bonds is 1. The van der Waals surface area contributed by atoms with E-state index < -0.39 is 5.54 Å². The van der Waals surface area contributed by atoms with Crippen LogP contribution < -0.4 is 5.32 Å². The Kier molecular flexibility index (Phi) is 2.65. The second kappa shape index (κ2) is 3.97. The van der Waals surface area contributed by atoms with Gasteiger partial charge in [0, 0.05) is 19.0 Å². The molecule has 4 heteroatoms. The van der Waals surface area contributed by atoms with Crippen LogP contribution in [0.3, 0.4) is 0 Å². The van der Waals surface area contributed by atoms with Gasteiger partial charge in [-0.2, -0.15) is 0 Å². The van der Waals surface area contributed by atoms with Crippen LogP contribution >= 0.6 is 0 Å². The quantitative estimate of drug-likeness (QED) is 0.762. The number of fused-ring (bicyclic) bond motifs is 2. The van der Waals surface area contributed by atoms with Crippen LogP contribution in [0.15, 0.2) is 0 Å². The molecule has 3 rings (SSSR count). The first kappa shape index (κ1) is 12.0. The molecule has 0 aromatic carbocycles. The van der Waals surface area contributed by atoms with Gasteiger partial charge in [0.1, 0.15) is 5.54 Å². The highest BCUT2D eigenvalue weighted by atomic mass is 16.2. The Labute approximate surface area is 108 Å². The third kappa shape index (κ3) is 1.82. The molecule has 3 aliphatic rings. The topological polar surface area (TPSA) is 49.4 Å². The van der Waals surface area contributed by atoms with Gasteiger partial charge in [-0.25, -0.2) is 0 Å². The summed E-state index contributed by atoms with van der Waals surface area (Å²) in [5, 5.41) is 2.84. The van der Waals surface area contributed by atoms with Crippen molar-refractivity contribution in [3.8, 4) is 0 Å². The van der Waals surface area contributed by atoms with E-state index in [-0.39, 0.29) is 11.8 Å². The summed E-state index contributed by atoms with van der Waals surface area (Å²) in [7, 11) is 0. The van der Waals surface area contributed by atoms with E-state index in [2.05, 4.69) is 5.32 Å². The van der Waals surface area contributed by atoms with E-state index in [4.69, 9.17) is 0 Å². The van der Waals surface area contributed by atoms with Gasteiger partial charge < -0.3 is 10.2 Å². The molecule has 2 aliphatic carbocycles. The number of hydrogen-bond acceptors (Lipinski definition) is 2. The Morgan fingerprint density at radius 2 is 2.00 bits per heavy atom. The van der Waals surface area contributed by atoms with Crippen LogP contribution in [0.4, 0.5) is 0 Å². The Morgan fingerprint density at radius 1 is 1.22 bits per heavy atom. The summed E-state index contributed by atoms with van der Waals surface area (Å²) in [5.74, 6) is 1.61. The van der Waals surface area contributed by atoms with Gasteiger partial charge in [0.2, 0.25) is 11.8 Å². The van der Waals surface area contributed by atoms with Crippen molar-refractivity contribution < 1.29 is 9.59 Å². The first-order valence-corrected chi connectivity index (χ1v) is 7.09. The molecule has 2 bridgehead atoms. The van der Waals surface area contributed by atoms with Crippen LogP contribution in [0.5, 0.6) is 0 Å². The molecule has 0 spiro atoms. The van der Waals surface area contributed by atoms with E-state index in [0.717, 1.165) is 12.3 Å². The number of carbonyl (C=O) groups is 2. The summed E-state index contributed by atoms with van der Waals surface area (Å²) in [6.45, 7) is 4.24. The van der Waals surface area contributed by atoms with Gasteiger partial charge >= 0.3 is 0 Å². The average molecular weight is 250 g/mol. The molecular weight excluding hydrogens is 228 g/mol. The lowest BCUT2D eigenvalue weighted by atomic mass is 9.92. The Morgan fingerprint density at radius 3 is 2.61 bits per heavy atom. The molecule has 1 aliphatic heterocycles. The predicted octanol–water partition coefficient (Wildman–Crippen LogP) is 1.30. The maximum absolute atomic E-state index is 12.6. The molecule has 3 unspecified atom stereocenters. The maximum atomic E-state index is 12.6. The van der Waals surface area contributed by atoms with Crippen molar-refractivity contribution in [1.82, 2.24) is 10.2 Å². The number of nitrogens with one attached hydrogen (secondary N) is 1. The molecule has 2 amide bonds. The molecule has 1 heterocycles. The van der Waals surface area contributed by atoms with Crippen LogP contribution in [0, 0.1) is 11.8 Å². The smallest absolute Gasteiger partial charge is 0.248 e. The zero-order chi connectivity index (χ0) is 12.9. The van der Waals surface area contributed by atoms with E-state index in [1.165, 1.54) is 19.3 Å². The molecule has 0 aromatic heterocycles. The zero-order valence-electron chi connectivity index (χ0n) is 11.2. The third-order valence-corrected chi connectivity index (χ3v) is 4.93. The van der Waals surface area contributed by atoms with Crippen LogP contribution in [0.1, 0.15) is 46.0 Å². The molecule has 3 fully saturated rings. The lowest BCUT2D eigenvalue weighted by Gasteiger charge is -2.37. The number of amides is 2. The Balaban J connectivity index is 1.82. The van der Waals surface area contributed by atoms with Gasteiger partial charge in [0.15, 0.2) is 0 Å². The van der Waals surface area contributed by atoms with E-state index in [0.29, 0.717) is 24.9 Å². The first-order chi connectivity index (χ1) is 8.47. The van der Waals surface area contributed by atoms with Gasteiger partial charge in [-0.1, -0.05) is 6.42 Å². The van der Waals surface area contributed by atoms with Gasteiger partial charge in [-0.05, 0) is 44.9 Å². The summed E-state index contributed by atoms with van der Waals surface area (Å²) in [4.78, 5) is 26.3. The van der Waals surface area contributed by atoms with Crippen molar-refractivity contribution in [2.45, 2.75) is 57.5 Å². The van der Waals surface area contributed by atoms with Crippen molar-refractivity contribution in [3.63, 3.8) is 0 Å². The van der Waals surface area contributed by atoms with Gasteiger partial charge in [0.25, 0.3) is 0 Å². The van der Waals surface area contributed by atoms with Crippen LogP contribution in [-0.4, -0.2) is 34.8 Å². The fourth-order valence-electron chi connectivity index (χ4n) is 4.06. The summed E-state index contributed by atoms with van der Waals surface area (Å²) < 4.78 is 0. The minimum atomic E-state index is -0.741. The van der Waals surface area contributed by atoms with Crippen LogP contribution in [-0.2, 0) is 9.59 Å². The third-order valence-electron chi connectivity index (χ3n) is 4.93. The van der Waals surface area contributed by atoms with E-state index >= 15 is 0 Å². The molecule has 100 valence electrons. The largest absolute Gasteiger partial charge is 0.342 e. The minimum absolute atomic E-state index is 0.000920. The average Bonchev–Trinajstić information content (AvgIpc) is 2.87. The van der Waals surface area contributed by atoms with Crippen molar-refractivity contribution in [1.29, 1.82) is 0 Å². The summed E-state index contributed by atoms with van der Waals surface area (Å²) in [5.41, 5.74) is -0.741. The van der Waals surface area contributed by atoms with Gasteiger partial charge in [-0.3, -0.25) is 9.59 Å². The van der Waals surface area contributed by atoms with Gasteiger partial charge in [0.05, 0.1) is 0 Å². The van der Waals surface area contributed by atoms with Gasteiger partial charge in [-0.15, -0.1) is 0 Å². The zero-order valence-corrected chi connectivity index (χ0v) is 11.2. The van der Waals surface area contributed by atoms with Crippen LogP contribution in [0.2, 0.25) is 0 Å². The molecule has 1 N–H and O–H groups in total. The fourth-order valence-corrected chi connectivity index (χ4v) is 4.06. The van der Waals surface area contributed by atoms with Crippen molar-refractivity contribution >= 4 is 11.8 Å². The van der Waals surface area contributed by atoms with Crippen molar-refractivity contribution in [3.05, 3.63) is 0 Å². The molecule has 0 radical (unpaired) electrons. The molecule has 2 saturated carbocycles. The second-order valence-corrected chi connectivity index (χ2v) is 6.66. The standard InChI is InChI=1S/C14H22N2O2/c1-14(2)13(18)16(6-5-12(17)15-14)11-8-9-3-4-10(11)7-9/h9-11H,3-8H2,1-2H3,(H,15,17). The molecule has 18 heavy (non-hydrogen) atoms. The number of nitrogens with zero attached hydrogens (tertiary/aromatic N) is 1. The van der Waals surface area contributed by atoms with E-state index in [9.17, 15) is 9.59 Å². The van der Waals surface area contributed by atoms with Crippen LogP contribution in [0.25, 0.3) is 0 Å². The molecule has 1 saturated heterocycles. The number of hydrogen-bond donors (Lipinski definition) is 1. The lowest BCUT2D eigenvalue weighted by molar-refractivity contribution is -0.140. The summed E-state index contributed by atoms with van der Waals surface area (Å²) >= 11 is 0. The SMILES string of the molecule is CC1(C)NC(=O)CCN(C2CC3CCC2C3)C1=O. The minimum Gasteiger partial charge on any atom is -0.342 e. The summed E-state index contributed by atoms with van der Waals surface area (Å²) in [6, 6.07) is 0.392. The molecule has 4 nitrogen and oxygen atoms in total. The highest BCUT2D eigenvalue weighted by molar-refractivity contribution is 5.93. The summed E-state index contributed by atoms with van der Waals surface area (Å²) in [6.07, 6.45) is 5.49. The fraction of sp³-hybridized carbons (Fsp3) is 0.857. The van der Waals surface area contributed by atoms with Crippen molar-refractivity contribution in [2.24, 2.45) is 11.8 Å². The van der Waals surface area contributed by atoms with Crippen molar-refractivity contribution in [2.75, 3.05) is 6.54 Å². The number of carbonyl (C=O) groups excluding carboxylic acids is 2. The highest BCUT2D eigenvalue weighted by Crippen LogP contribution is 2.47. The first-order valence-electron chi connectivity index (χ1n) is 7.09. The Bertz CT molecular complexity index is 391. The second-order valence-electron chi connectivity index (χ2n) is 6.66. The van der Waals surface area contributed by atoms with E-state index in [1.54, 1.807) is 0 Å². The Hall–Kier alpha value is -1.06. The normalized spacial score (nSPS) is 38.8. The monoisotopic (exact) mass is 250 g/mol. The molecule has 0 aromatic rings. The maximum Gasteiger partial charge on any atom is 0.248 e. The predicted molar refractivity (Wildman–Crippen MR) is 67.8 cm³/mol. The van der Waals surface area contributed by atoms with E-state index in [1.807, 2.05) is 18.7 Å². The highest BCUT2D eigenvalue weighted by Gasteiger charge is 2.47. The molecule has 3 atom stereocenters.